The van der Waals surface area contributed by atoms with Gasteiger partial charge in [0.15, 0.2) is 0 Å². The summed E-state index contributed by atoms with van der Waals surface area (Å²) in [6, 6.07) is 7.76. The zero-order valence-electron chi connectivity index (χ0n) is 7.10. The minimum atomic E-state index is -4.27. The molecule has 0 aliphatic rings. The van der Waals surface area contributed by atoms with Gasteiger partial charge < -0.3 is 0 Å². The van der Waals surface area contributed by atoms with E-state index in [2.05, 4.69) is 0 Å². The first kappa shape index (κ1) is 9.84. The van der Waals surface area contributed by atoms with Crippen molar-refractivity contribution in [1.82, 2.24) is 0 Å². The van der Waals surface area contributed by atoms with Crippen LogP contribution in [0.3, 0.4) is 0 Å². The van der Waals surface area contributed by atoms with Gasteiger partial charge in [-0.1, -0.05) is 36.4 Å². The molecule has 1 rings (SSSR count). The van der Waals surface area contributed by atoms with Crippen LogP contribution in [-0.4, -0.2) is 6.18 Å². The number of rotatable bonds is 1. The first-order valence-corrected chi connectivity index (χ1v) is 3.84. The Bertz CT molecular complexity index is 296. The zero-order valence-corrected chi connectivity index (χ0v) is 7.10. The van der Waals surface area contributed by atoms with Crippen LogP contribution in [-0.2, 0) is 0 Å². The summed E-state index contributed by atoms with van der Waals surface area (Å²) >= 11 is 0. The summed E-state index contributed by atoms with van der Waals surface area (Å²) in [5.41, 5.74) is -0.384. The van der Waals surface area contributed by atoms with Gasteiger partial charge in [0.25, 0.3) is 0 Å². The third-order valence-corrected chi connectivity index (χ3v) is 1.68. The average molecular weight is 186 g/mol. The van der Waals surface area contributed by atoms with Crippen molar-refractivity contribution in [2.75, 3.05) is 0 Å². The van der Waals surface area contributed by atoms with Crippen LogP contribution < -0.4 is 0 Å². The molecule has 3 heteroatoms. The van der Waals surface area contributed by atoms with E-state index >= 15 is 0 Å². The molecule has 0 radical (unpaired) electrons. The number of halogens is 3. The molecule has 0 aliphatic carbocycles. The third-order valence-electron chi connectivity index (χ3n) is 1.68. The molecule has 1 aromatic rings. The molecular weight excluding hydrogens is 177 g/mol. The first-order chi connectivity index (χ1) is 6.05. The smallest absolute Gasteiger partial charge is 0.166 e. The summed E-state index contributed by atoms with van der Waals surface area (Å²) in [6.07, 6.45) is -3.19. The maximum absolute atomic E-state index is 12.3. The van der Waals surface area contributed by atoms with Crippen LogP contribution in [0.15, 0.2) is 36.4 Å². The minimum Gasteiger partial charge on any atom is -0.166 e. The van der Waals surface area contributed by atoms with Gasteiger partial charge in [0.1, 0.15) is 0 Å². The van der Waals surface area contributed by atoms with Crippen LogP contribution in [0.2, 0.25) is 0 Å². The molecule has 0 atom stereocenters. The van der Waals surface area contributed by atoms with Crippen molar-refractivity contribution in [3.63, 3.8) is 0 Å². The first-order valence-electron chi connectivity index (χ1n) is 3.84. The second kappa shape index (κ2) is 3.64. The lowest BCUT2D eigenvalue weighted by atomic mass is 10.1. The highest BCUT2D eigenvalue weighted by molar-refractivity contribution is 5.69. The molecule has 0 fully saturated rings. The normalized spacial score (nSPS) is 13.1. The molecule has 0 aromatic heterocycles. The second-order valence-electron chi connectivity index (χ2n) is 2.57. The van der Waals surface area contributed by atoms with E-state index in [1.165, 1.54) is 19.1 Å². The van der Waals surface area contributed by atoms with Crippen LogP contribution in [0.4, 0.5) is 13.2 Å². The Morgan fingerprint density at radius 2 is 1.69 bits per heavy atom. The molecule has 0 amide bonds. The molecule has 1 aromatic carbocycles. The van der Waals surface area contributed by atoms with E-state index < -0.39 is 11.7 Å². The Balaban J connectivity index is 3.08. The molecule has 0 N–H and O–H groups in total. The Labute approximate surface area is 74.7 Å². The van der Waals surface area contributed by atoms with Gasteiger partial charge in [-0.05, 0) is 12.5 Å². The predicted octanol–water partition coefficient (Wildman–Crippen LogP) is 3.65. The minimum absolute atomic E-state index is 0.206. The van der Waals surface area contributed by atoms with E-state index in [1.54, 1.807) is 18.2 Å². The van der Waals surface area contributed by atoms with Gasteiger partial charge in [0.05, 0.1) is 5.57 Å². The van der Waals surface area contributed by atoms with Gasteiger partial charge in [-0.3, -0.25) is 0 Å². The average Bonchev–Trinajstić information content (AvgIpc) is 2.05. The predicted molar refractivity (Wildman–Crippen MR) is 46.1 cm³/mol. The van der Waals surface area contributed by atoms with E-state index in [0.717, 1.165) is 6.08 Å². The van der Waals surface area contributed by atoms with E-state index in [4.69, 9.17) is 0 Å². The highest BCUT2D eigenvalue weighted by Gasteiger charge is 2.33. The van der Waals surface area contributed by atoms with E-state index in [0.29, 0.717) is 0 Å². The molecule has 0 nitrogen and oxygen atoms in total. The van der Waals surface area contributed by atoms with Crippen LogP contribution in [0.25, 0.3) is 5.57 Å². The largest absolute Gasteiger partial charge is 0.416 e. The summed E-state index contributed by atoms with van der Waals surface area (Å²) in [4.78, 5) is 0. The van der Waals surface area contributed by atoms with Crippen molar-refractivity contribution < 1.29 is 13.2 Å². The van der Waals surface area contributed by atoms with Gasteiger partial charge >= 0.3 is 6.18 Å². The van der Waals surface area contributed by atoms with E-state index in [1.807, 2.05) is 0 Å². The summed E-state index contributed by atoms with van der Waals surface area (Å²) in [6.45, 7) is 1.38. The Morgan fingerprint density at radius 1 is 1.15 bits per heavy atom. The zero-order chi connectivity index (χ0) is 9.90. The molecule has 0 saturated heterocycles. The molecule has 70 valence electrons. The Kier molecular flexibility index (Phi) is 2.76. The van der Waals surface area contributed by atoms with Crippen LogP contribution >= 0.6 is 0 Å². The molecular formula is C10H9F3. The second-order valence-corrected chi connectivity index (χ2v) is 2.57. The van der Waals surface area contributed by atoms with Crippen molar-refractivity contribution in [3.05, 3.63) is 42.0 Å². The number of benzene rings is 1. The van der Waals surface area contributed by atoms with Crippen molar-refractivity contribution >= 4 is 5.57 Å². The molecule has 0 heterocycles. The molecule has 0 unspecified atom stereocenters. The van der Waals surface area contributed by atoms with Crippen LogP contribution in [0, 0.1) is 0 Å². The number of hydrogen-bond donors (Lipinski definition) is 0. The molecule has 0 bridgehead atoms. The number of allylic oxidation sites excluding steroid dienone is 2. The summed E-state index contributed by atoms with van der Waals surface area (Å²) in [5, 5.41) is 0. The molecule has 0 spiro atoms. The van der Waals surface area contributed by atoms with Gasteiger partial charge in [-0.25, -0.2) is 0 Å². The number of hydrogen-bond acceptors (Lipinski definition) is 0. The fraction of sp³-hybridized carbons (Fsp3) is 0.200. The number of alkyl halides is 3. The maximum Gasteiger partial charge on any atom is 0.416 e. The fourth-order valence-corrected chi connectivity index (χ4v) is 1.11. The summed E-state index contributed by atoms with van der Waals surface area (Å²) in [5.74, 6) is 0. The lowest BCUT2D eigenvalue weighted by Gasteiger charge is -2.10. The Morgan fingerprint density at radius 3 is 2.08 bits per heavy atom. The lowest BCUT2D eigenvalue weighted by Crippen LogP contribution is -2.10. The van der Waals surface area contributed by atoms with Gasteiger partial charge in [0.2, 0.25) is 0 Å². The third kappa shape index (κ3) is 2.34. The lowest BCUT2D eigenvalue weighted by molar-refractivity contribution is -0.0689. The van der Waals surface area contributed by atoms with Crippen molar-refractivity contribution in [1.29, 1.82) is 0 Å². The topological polar surface area (TPSA) is 0 Å². The van der Waals surface area contributed by atoms with Gasteiger partial charge in [-0.2, -0.15) is 13.2 Å². The van der Waals surface area contributed by atoms with Crippen molar-refractivity contribution in [2.24, 2.45) is 0 Å². The molecule has 13 heavy (non-hydrogen) atoms. The standard InChI is InChI=1S/C10H9F3/c1-2-9(10(11,12)13)8-6-4-3-5-7-8/h2-7H,1H3/b9-2-. The quantitative estimate of drug-likeness (QED) is 0.628. The summed E-state index contributed by atoms with van der Waals surface area (Å²) in [7, 11) is 0. The highest BCUT2D eigenvalue weighted by Crippen LogP contribution is 2.33. The van der Waals surface area contributed by atoms with E-state index in [9.17, 15) is 13.2 Å². The van der Waals surface area contributed by atoms with Crippen molar-refractivity contribution in [2.45, 2.75) is 13.1 Å². The monoisotopic (exact) mass is 186 g/mol. The maximum atomic E-state index is 12.3. The van der Waals surface area contributed by atoms with E-state index in [-0.39, 0.29) is 5.56 Å². The Hall–Kier alpha value is -1.25. The molecule has 0 aliphatic heterocycles. The summed E-state index contributed by atoms with van der Waals surface area (Å²) < 4.78 is 37.0. The van der Waals surface area contributed by atoms with Crippen molar-refractivity contribution in [3.8, 4) is 0 Å². The van der Waals surface area contributed by atoms with Gasteiger partial charge in [0, 0.05) is 0 Å². The molecule has 0 saturated carbocycles. The van der Waals surface area contributed by atoms with Crippen LogP contribution in [0.5, 0.6) is 0 Å². The fourth-order valence-electron chi connectivity index (χ4n) is 1.11. The SMILES string of the molecule is C/C=C(/c1ccccc1)C(F)(F)F. The highest BCUT2D eigenvalue weighted by atomic mass is 19.4. The van der Waals surface area contributed by atoms with Gasteiger partial charge in [-0.15, -0.1) is 0 Å². The van der Waals surface area contributed by atoms with Crippen LogP contribution in [0.1, 0.15) is 12.5 Å².